The maximum absolute atomic E-state index is 11.9. The standard InChI is InChI=1S/C20H27N3O10S.H2S/c1-11(12-7-15-16(32-10-31-15)8-14(12)23(28)29)34-6-5-30-18(26)21-9-13(17(24)25)22-19(27)33-20(2,3)4;/h7-8,11,13H,5-6,9-10H2,1-4H3,(H,21,26)(H,22,27)(H,24,25);1H2/t11?,13-;/m0./s1. The topological polar surface area (TPSA) is 176 Å². The van der Waals surface area contributed by atoms with Crippen molar-refractivity contribution in [2.45, 2.75) is 44.6 Å². The predicted octanol–water partition coefficient (Wildman–Crippen LogP) is 2.93. The number of aliphatic carboxylic acids is 1. The Hall–Kier alpha value is -3.07. The van der Waals surface area contributed by atoms with Gasteiger partial charge in [0.05, 0.1) is 17.5 Å². The molecular weight excluding hydrogens is 506 g/mol. The summed E-state index contributed by atoms with van der Waals surface area (Å²) in [6, 6.07) is 1.47. The molecule has 0 saturated carbocycles. The van der Waals surface area contributed by atoms with Crippen LogP contribution < -0.4 is 20.1 Å². The van der Waals surface area contributed by atoms with Gasteiger partial charge in [0.15, 0.2) is 11.5 Å². The molecule has 0 aromatic heterocycles. The minimum Gasteiger partial charge on any atom is -0.480 e. The van der Waals surface area contributed by atoms with Gasteiger partial charge < -0.3 is 34.7 Å². The van der Waals surface area contributed by atoms with E-state index < -0.39 is 41.3 Å². The average Bonchev–Trinajstić information content (AvgIpc) is 3.19. The summed E-state index contributed by atoms with van der Waals surface area (Å²) < 4.78 is 20.5. The van der Waals surface area contributed by atoms with Crippen LogP contribution in [0.15, 0.2) is 12.1 Å². The van der Waals surface area contributed by atoms with Crippen molar-refractivity contribution in [3.63, 3.8) is 0 Å². The molecule has 0 fully saturated rings. The van der Waals surface area contributed by atoms with Gasteiger partial charge in [-0.3, -0.25) is 10.1 Å². The molecule has 196 valence electrons. The van der Waals surface area contributed by atoms with Crippen LogP contribution in [0, 0.1) is 10.1 Å². The highest BCUT2D eigenvalue weighted by Crippen LogP contribution is 2.43. The predicted molar refractivity (Wildman–Crippen MR) is 131 cm³/mol. The number of carboxylic acid groups (broad SMARTS) is 1. The molecule has 1 aromatic carbocycles. The highest BCUT2D eigenvalue weighted by Gasteiger charge is 2.27. The zero-order valence-corrected chi connectivity index (χ0v) is 21.4. The van der Waals surface area contributed by atoms with Gasteiger partial charge in [-0.25, -0.2) is 14.4 Å². The number of carbonyl (C=O) groups is 3. The molecule has 2 atom stereocenters. The van der Waals surface area contributed by atoms with Crippen molar-refractivity contribution in [3.8, 4) is 11.5 Å². The fraction of sp³-hybridized carbons (Fsp3) is 0.550. The van der Waals surface area contributed by atoms with Crippen molar-refractivity contribution >= 4 is 49.1 Å². The van der Waals surface area contributed by atoms with E-state index in [0.717, 1.165) is 0 Å². The largest absolute Gasteiger partial charge is 0.480 e. The molecule has 15 heteroatoms. The number of carbonyl (C=O) groups excluding carboxylic acids is 2. The van der Waals surface area contributed by atoms with Crippen LogP contribution in [0.5, 0.6) is 11.5 Å². The number of nitrogens with zero attached hydrogens (tertiary/aromatic N) is 1. The van der Waals surface area contributed by atoms with Crippen molar-refractivity contribution in [2.24, 2.45) is 0 Å². The molecule has 0 aliphatic carbocycles. The fourth-order valence-corrected chi connectivity index (χ4v) is 3.67. The van der Waals surface area contributed by atoms with E-state index in [-0.39, 0.29) is 37.8 Å². The number of carboxylic acids is 1. The molecule has 1 aliphatic heterocycles. The summed E-state index contributed by atoms with van der Waals surface area (Å²) in [5.74, 6) is -0.301. The summed E-state index contributed by atoms with van der Waals surface area (Å²) in [5.41, 5.74) is -0.462. The van der Waals surface area contributed by atoms with Crippen LogP contribution in [0.2, 0.25) is 0 Å². The number of amides is 2. The van der Waals surface area contributed by atoms with Gasteiger partial charge in [-0.2, -0.15) is 25.3 Å². The molecular formula is C20H29N3O10S2. The van der Waals surface area contributed by atoms with Crippen LogP contribution >= 0.6 is 25.3 Å². The SMILES string of the molecule is CC(SCCOC(=O)NC[C@H](NC(=O)OC(C)(C)C)C(=O)O)c1cc2c(cc1[N+](=O)[O-])OCO2.S. The molecule has 0 bridgehead atoms. The Bertz CT molecular complexity index is 938. The zero-order valence-electron chi connectivity index (χ0n) is 19.6. The van der Waals surface area contributed by atoms with Gasteiger partial charge in [0, 0.05) is 16.6 Å². The van der Waals surface area contributed by atoms with E-state index in [1.54, 1.807) is 33.8 Å². The molecule has 0 spiro atoms. The number of hydrogen-bond acceptors (Lipinski definition) is 10. The first-order valence-electron chi connectivity index (χ1n) is 10.2. The second-order valence-electron chi connectivity index (χ2n) is 8.09. The summed E-state index contributed by atoms with van der Waals surface area (Å²) in [5, 5.41) is 24.7. The van der Waals surface area contributed by atoms with E-state index in [9.17, 15) is 29.6 Å². The van der Waals surface area contributed by atoms with Gasteiger partial charge in [-0.15, -0.1) is 0 Å². The number of nitro benzene ring substituents is 1. The Morgan fingerprint density at radius 1 is 1.23 bits per heavy atom. The summed E-state index contributed by atoms with van der Waals surface area (Å²) >= 11 is 1.32. The second kappa shape index (κ2) is 13.1. The highest BCUT2D eigenvalue weighted by molar-refractivity contribution is 7.99. The smallest absolute Gasteiger partial charge is 0.408 e. The monoisotopic (exact) mass is 535 g/mol. The van der Waals surface area contributed by atoms with E-state index in [4.69, 9.17) is 18.9 Å². The molecule has 35 heavy (non-hydrogen) atoms. The van der Waals surface area contributed by atoms with Crippen molar-refractivity contribution in [1.82, 2.24) is 10.6 Å². The number of hydrogen-bond donors (Lipinski definition) is 3. The van der Waals surface area contributed by atoms with Crippen LogP contribution in [-0.4, -0.2) is 65.5 Å². The van der Waals surface area contributed by atoms with Gasteiger partial charge in [0.2, 0.25) is 6.79 Å². The Morgan fingerprint density at radius 2 is 1.86 bits per heavy atom. The van der Waals surface area contributed by atoms with Crippen LogP contribution in [0.1, 0.15) is 38.5 Å². The van der Waals surface area contributed by atoms with Crippen LogP contribution in [0.4, 0.5) is 15.3 Å². The van der Waals surface area contributed by atoms with Gasteiger partial charge in [-0.05, 0) is 33.8 Å². The van der Waals surface area contributed by atoms with E-state index in [2.05, 4.69) is 10.6 Å². The Morgan fingerprint density at radius 3 is 2.43 bits per heavy atom. The maximum Gasteiger partial charge on any atom is 0.408 e. The van der Waals surface area contributed by atoms with Crippen molar-refractivity contribution in [1.29, 1.82) is 0 Å². The van der Waals surface area contributed by atoms with E-state index in [0.29, 0.717) is 22.8 Å². The molecule has 1 unspecified atom stereocenters. The second-order valence-corrected chi connectivity index (χ2v) is 9.54. The Kier molecular flexibility index (Phi) is 11.2. The number of alkyl carbamates (subject to hydrolysis) is 2. The van der Waals surface area contributed by atoms with Crippen LogP contribution in [0.25, 0.3) is 0 Å². The zero-order chi connectivity index (χ0) is 25.5. The third-order valence-electron chi connectivity index (χ3n) is 4.28. The molecule has 1 heterocycles. The molecule has 2 amide bonds. The quantitative estimate of drug-likeness (QED) is 0.228. The van der Waals surface area contributed by atoms with E-state index in [1.807, 2.05) is 0 Å². The Balaban J connectivity index is 0.00000612. The number of nitrogens with one attached hydrogen (secondary N) is 2. The van der Waals surface area contributed by atoms with E-state index in [1.165, 1.54) is 17.8 Å². The lowest BCUT2D eigenvalue weighted by atomic mass is 10.1. The highest BCUT2D eigenvalue weighted by atomic mass is 32.2. The molecule has 2 rings (SSSR count). The van der Waals surface area contributed by atoms with E-state index >= 15 is 0 Å². The number of ether oxygens (including phenoxy) is 4. The Labute approximate surface area is 212 Å². The number of nitro groups is 1. The van der Waals surface area contributed by atoms with Gasteiger partial charge in [-0.1, -0.05) is 0 Å². The summed E-state index contributed by atoms with van der Waals surface area (Å²) in [6.07, 6.45) is -1.81. The van der Waals surface area contributed by atoms with Crippen LogP contribution in [0.3, 0.4) is 0 Å². The lowest BCUT2D eigenvalue weighted by molar-refractivity contribution is -0.385. The number of benzene rings is 1. The first kappa shape index (κ1) is 30.0. The van der Waals surface area contributed by atoms with Crippen LogP contribution in [-0.2, 0) is 14.3 Å². The molecule has 13 nitrogen and oxygen atoms in total. The minimum atomic E-state index is -1.41. The van der Waals surface area contributed by atoms with Gasteiger partial charge in [0.1, 0.15) is 18.2 Å². The molecule has 0 saturated heterocycles. The minimum absolute atomic E-state index is 0. The third kappa shape index (κ3) is 9.60. The van der Waals surface area contributed by atoms with Crippen molar-refractivity contribution in [2.75, 3.05) is 25.7 Å². The average molecular weight is 536 g/mol. The molecule has 1 aromatic rings. The van der Waals surface area contributed by atoms with Crippen molar-refractivity contribution < 1.29 is 43.4 Å². The first-order chi connectivity index (χ1) is 15.9. The normalized spacial score (nSPS) is 13.6. The van der Waals surface area contributed by atoms with Crippen molar-refractivity contribution in [3.05, 3.63) is 27.8 Å². The summed E-state index contributed by atoms with van der Waals surface area (Å²) in [7, 11) is 0. The van der Waals surface area contributed by atoms with Gasteiger partial charge in [0.25, 0.3) is 5.69 Å². The summed E-state index contributed by atoms with van der Waals surface area (Å²) in [4.78, 5) is 45.8. The summed E-state index contributed by atoms with van der Waals surface area (Å²) in [6.45, 7) is 6.20. The fourth-order valence-electron chi connectivity index (χ4n) is 2.77. The molecule has 0 radical (unpaired) electrons. The maximum atomic E-state index is 11.9. The first-order valence-corrected chi connectivity index (χ1v) is 11.2. The number of fused-ring (bicyclic) bond motifs is 1. The number of thioether (sulfide) groups is 1. The lowest BCUT2D eigenvalue weighted by Gasteiger charge is -2.22. The molecule has 1 aliphatic rings. The number of rotatable bonds is 10. The molecule has 3 N–H and O–H groups in total. The van der Waals surface area contributed by atoms with Gasteiger partial charge >= 0.3 is 18.2 Å². The third-order valence-corrected chi connectivity index (χ3v) is 5.44. The lowest BCUT2D eigenvalue weighted by Crippen LogP contribution is -2.49.